The van der Waals surface area contributed by atoms with Gasteiger partial charge in [-0.05, 0) is 57.4 Å². The smallest absolute Gasteiger partial charge is 0.126 e. The van der Waals surface area contributed by atoms with Crippen molar-refractivity contribution in [3.8, 4) is 0 Å². The van der Waals surface area contributed by atoms with Crippen LogP contribution in [0.1, 0.15) is 38.7 Å². The zero-order chi connectivity index (χ0) is 14.8. The third-order valence-corrected chi connectivity index (χ3v) is 4.14. The highest BCUT2D eigenvalue weighted by Crippen LogP contribution is 2.27. The van der Waals surface area contributed by atoms with E-state index in [1.807, 2.05) is 0 Å². The Bertz CT molecular complexity index is 444. The number of hydrogen-bond donors (Lipinski definition) is 1. The lowest BCUT2D eigenvalue weighted by atomic mass is 9.88. The molecule has 1 aliphatic rings. The summed E-state index contributed by atoms with van der Waals surface area (Å²) in [7, 11) is 0. The predicted octanol–water partition coefficient (Wildman–Crippen LogP) is 3.13. The summed E-state index contributed by atoms with van der Waals surface area (Å²) in [6.07, 6.45) is 2.54. The SMILES string of the molecule is CC(C)N1CCCC(O)(Cc2cc(F)cc(F)c2)CC1. The maximum Gasteiger partial charge on any atom is 0.126 e. The van der Waals surface area contributed by atoms with Crippen LogP contribution in [-0.4, -0.2) is 34.7 Å². The molecule has 0 amide bonds. The van der Waals surface area contributed by atoms with Crippen LogP contribution in [0.4, 0.5) is 8.78 Å². The van der Waals surface area contributed by atoms with Crippen molar-refractivity contribution in [3.63, 3.8) is 0 Å². The van der Waals surface area contributed by atoms with Gasteiger partial charge in [-0.2, -0.15) is 0 Å². The summed E-state index contributed by atoms with van der Waals surface area (Å²) < 4.78 is 26.5. The number of likely N-dealkylation sites (tertiary alicyclic amines) is 1. The van der Waals surface area contributed by atoms with Gasteiger partial charge in [0.2, 0.25) is 0 Å². The van der Waals surface area contributed by atoms with Gasteiger partial charge in [-0.3, -0.25) is 0 Å². The molecule has 2 rings (SSSR count). The number of rotatable bonds is 3. The highest BCUT2D eigenvalue weighted by molar-refractivity contribution is 5.20. The average Bonchev–Trinajstić information content (AvgIpc) is 2.49. The molecule has 1 unspecified atom stereocenters. The molecule has 1 heterocycles. The van der Waals surface area contributed by atoms with Crippen molar-refractivity contribution in [1.29, 1.82) is 0 Å². The summed E-state index contributed by atoms with van der Waals surface area (Å²) in [6.45, 7) is 6.09. The van der Waals surface area contributed by atoms with E-state index in [1.54, 1.807) is 0 Å². The minimum Gasteiger partial charge on any atom is -0.389 e. The fourth-order valence-electron chi connectivity index (χ4n) is 2.99. The van der Waals surface area contributed by atoms with Crippen molar-refractivity contribution >= 4 is 0 Å². The molecule has 0 aliphatic carbocycles. The number of hydrogen-bond acceptors (Lipinski definition) is 2. The minimum absolute atomic E-state index is 0.313. The van der Waals surface area contributed by atoms with E-state index in [0.717, 1.165) is 25.6 Å². The summed E-state index contributed by atoms with van der Waals surface area (Å²) in [6, 6.07) is 3.95. The quantitative estimate of drug-likeness (QED) is 0.921. The Balaban J connectivity index is 2.07. The van der Waals surface area contributed by atoms with Crippen molar-refractivity contribution in [2.24, 2.45) is 0 Å². The van der Waals surface area contributed by atoms with Crippen molar-refractivity contribution in [1.82, 2.24) is 4.90 Å². The van der Waals surface area contributed by atoms with Gasteiger partial charge in [0.25, 0.3) is 0 Å². The zero-order valence-electron chi connectivity index (χ0n) is 12.2. The van der Waals surface area contributed by atoms with E-state index in [0.29, 0.717) is 30.9 Å². The van der Waals surface area contributed by atoms with Crippen molar-refractivity contribution in [2.75, 3.05) is 13.1 Å². The van der Waals surface area contributed by atoms with Crippen LogP contribution in [0.5, 0.6) is 0 Å². The lowest BCUT2D eigenvalue weighted by molar-refractivity contribution is 0.0248. The first kappa shape index (κ1) is 15.4. The van der Waals surface area contributed by atoms with Gasteiger partial charge in [-0.25, -0.2) is 8.78 Å². The first-order valence-electron chi connectivity index (χ1n) is 7.29. The average molecular weight is 283 g/mol. The van der Waals surface area contributed by atoms with Crippen molar-refractivity contribution < 1.29 is 13.9 Å². The fraction of sp³-hybridized carbons (Fsp3) is 0.625. The Morgan fingerprint density at radius 2 is 1.80 bits per heavy atom. The lowest BCUT2D eigenvalue weighted by Gasteiger charge is -2.28. The highest BCUT2D eigenvalue weighted by Gasteiger charge is 2.31. The van der Waals surface area contributed by atoms with Gasteiger partial charge < -0.3 is 10.0 Å². The van der Waals surface area contributed by atoms with E-state index in [-0.39, 0.29) is 0 Å². The van der Waals surface area contributed by atoms with Gasteiger partial charge in [0.05, 0.1) is 5.60 Å². The van der Waals surface area contributed by atoms with Crippen molar-refractivity contribution in [3.05, 3.63) is 35.4 Å². The Labute approximate surface area is 119 Å². The second kappa shape index (κ2) is 6.19. The standard InChI is InChI=1S/C16H23F2NO/c1-12(2)19-6-3-4-16(20,5-7-19)11-13-8-14(17)10-15(18)9-13/h8-10,12,20H,3-7,11H2,1-2H3. The molecule has 1 aromatic carbocycles. The molecule has 2 nitrogen and oxygen atoms in total. The molecule has 0 radical (unpaired) electrons. The Kier molecular flexibility index (Phi) is 4.76. The van der Waals surface area contributed by atoms with E-state index in [9.17, 15) is 13.9 Å². The molecule has 1 fully saturated rings. The van der Waals surface area contributed by atoms with Crippen molar-refractivity contribution in [2.45, 2.75) is 51.2 Å². The molecular formula is C16H23F2NO. The first-order chi connectivity index (χ1) is 9.38. The monoisotopic (exact) mass is 283 g/mol. The number of benzene rings is 1. The third-order valence-electron chi connectivity index (χ3n) is 4.14. The maximum atomic E-state index is 13.2. The van der Waals surface area contributed by atoms with Gasteiger partial charge in [-0.1, -0.05) is 0 Å². The molecule has 112 valence electrons. The molecule has 1 atom stereocenters. The van der Waals surface area contributed by atoms with Gasteiger partial charge in [0, 0.05) is 25.1 Å². The number of nitrogens with zero attached hydrogens (tertiary/aromatic N) is 1. The van der Waals surface area contributed by atoms with Crippen LogP contribution < -0.4 is 0 Å². The maximum absolute atomic E-state index is 13.2. The van der Waals surface area contributed by atoms with Gasteiger partial charge in [-0.15, -0.1) is 0 Å². The second-order valence-corrected chi connectivity index (χ2v) is 6.16. The summed E-state index contributed by atoms with van der Waals surface area (Å²) >= 11 is 0. The van der Waals surface area contributed by atoms with E-state index < -0.39 is 17.2 Å². The molecule has 1 aliphatic heterocycles. The van der Waals surface area contributed by atoms with E-state index in [2.05, 4.69) is 18.7 Å². The second-order valence-electron chi connectivity index (χ2n) is 6.16. The topological polar surface area (TPSA) is 23.5 Å². The molecule has 1 saturated heterocycles. The molecule has 20 heavy (non-hydrogen) atoms. The Morgan fingerprint density at radius 1 is 1.15 bits per heavy atom. The zero-order valence-corrected chi connectivity index (χ0v) is 12.2. The van der Waals surface area contributed by atoms with Crippen LogP contribution in [-0.2, 0) is 6.42 Å². The van der Waals surface area contributed by atoms with Crippen LogP contribution in [0.25, 0.3) is 0 Å². The molecule has 1 aromatic rings. The molecule has 1 N–H and O–H groups in total. The van der Waals surface area contributed by atoms with Crippen LogP contribution in [0.15, 0.2) is 18.2 Å². The number of aliphatic hydroxyl groups is 1. The lowest BCUT2D eigenvalue weighted by Crippen LogP contribution is -2.35. The molecular weight excluding hydrogens is 260 g/mol. The predicted molar refractivity (Wildman–Crippen MR) is 75.6 cm³/mol. The summed E-state index contributed by atoms with van der Waals surface area (Å²) in [5.41, 5.74) is -0.327. The Hall–Kier alpha value is -1.00. The summed E-state index contributed by atoms with van der Waals surface area (Å²) in [5.74, 6) is -1.16. The van der Waals surface area contributed by atoms with E-state index in [4.69, 9.17) is 0 Å². The van der Waals surface area contributed by atoms with E-state index >= 15 is 0 Å². The minimum atomic E-state index is -0.857. The third kappa shape index (κ3) is 4.00. The van der Waals surface area contributed by atoms with Gasteiger partial charge >= 0.3 is 0 Å². The van der Waals surface area contributed by atoms with Gasteiger partial charge in [0.1, 0.15) is 11.6 Å². The molecule has 0 aromatic heterocycles. The largest absolute Gasteiger partial charge is 0.389 e. The normalized spacial score (nSPS) is 24.9. The molecule has 0 saturated carbocycles. The van der Waals surface area contributed by atoms with Crippen LogP contribution >= 0.6 is 0 Å². The molecule has 4 heteroatoms. The highest BCUT2D eigenvalue weighted by atomic mass is 19.1. The van der Waals surface area contributed by atoms with E-state index in [1.165, 1.54) is 12.1 Å². The van der Waals surface area contributed by atoms with Crippen LogP contribution in [0.2, 0.25) is 0 Å². The van der Waals surface area contributed by atoms with Crippen LogP contribution in [0.3, 0.4) is 0 Å². The summed E-state index contributed by atoms with van der Waals surface area (Å²) in [4.78, 5) is 2.34. The first-order valence-corrected chi connectivity index (χ1v) is 7.29. The fourth-order valence-corrected chi connectivity index (χ4v) is 2.99. The van der Waals surface area contributed by atoms with Crippen LogP contribution in [0, 0.1) is 11.6 Å². The summed E-state index contributed by atoms with van der Waals surface area (Å²) in [5, 5.41) is 10.7. The molecule has 0 spiro atoms. The Morgan fingerprint density at radius 3 is 2.40 bits per heavy atom. The van der Waals surface area contributed by atoms with Gasteiger partial charge in [0.15, 0.2) is 0 Å². The number of halogens is 2. The molecule has 0 bridgehead atoms.